The number of hydrogen-bond donors (Lipinski definition) is 2. The molecule has 1 rings (SSSR count). The molecule has 0 spiro atoms. The average molecular weight is 185 g/mol. The van der Waals surface area contributed by atoms with Gasteiger partial charge in [-0.1, -0.05) is 26.7 Å². The predicted molar refractivity (Wildman–Crippen MR) is 55.7 cm³/mol. The van der Waals surface area contributed by atoms with E-state index in [0.29, 0.717) is 6.61 Å². The van der Waals surface area contributed by atoms with E-state index < -0.39 is 0 Å². The van der Waals surface area contributed by atoms with E-state index in [9.17, 15) is 0 Å². The van der Waals surface area contributed by atoms with Crippen LogP contribution in [0.15, 0.2) is 0 Å². The van der Waals surface area contributed by atoms with Gasteiger partial charge in [0.15, 0.2) is 0 Å². The number of nitrogens with one attached hydrogen (secondary N) is 1. The van der Waals surface area contributed by atoms with E-state index in [0.717, 1.165) is 18.9 Å². The molecule has 1 saturated carbocycles. The summed E-state index contributed by atoms with van der Waals surface area (Å²) in [6.07, 6.45) is 6.07. The quantitative estimate of drug-likeness (QED) is 0.701. The lowest BCUT2D eigenvalue weighted by atomic mass is 9.74. The molecular weight excluding hydrogens is 162 g/mol. The average Bonchev–Trinajstić information content (AvgIpc) is 2.04. The number of rotatable bonds is 4. The molecule has 0 aliphatic heterocycles. The largest absolute Gasteiger partial charge is 0.396 e. The van der Waals surface area contributed by atoms with Gasteiger partial charge in [-0.25, -0.2) is 0 Å². The molecule has 2 unspecified atom stereocenters. The van der Waals surface area contributed by atoms with Crippen LogP contribution in [0, 0.1) is 5.92 Å². The van der Waals surface area contributed by atoms with Gasteiger partial charge in [-0.05, 0) is 31.7 Å². The predicted octanol–water partition coefficient (Wildman–Crippen LogP) is 1.93. The Morgan fingerprint density at radius 3 is 2.85 bits per heavy atom. The summed E-state index contributed by atoms with van der Waals surface area (Å²) >= 11 is 0. The minimum Gasteiger partial charge on any atom is -0.396 e. The van der Waals surface area contributed by atoms with Crippen molar-refractivity contribution in [3.8, 4) is 0 Å². The standard InChI is InChI=1S/C11H23NO/c1-3-12-11(7-8-13)6-4-5-10(2)9-11/h10,12-13H,3-9H2,1-2H3. The highest BCUT2D eigenvalue weighted by Crippen LogP contribution is 2.34. The van der Waals surface area contributed by atoms with E-state index in [-0.39, 0.29) is 5.54 Å². The Balaban J connectivity index is 2.53. The second-order valence-corrected chi connectivity index (χ2v) is 4.49. The van der Waals surface area contributed by atoms with E-state index in [2.05, 4.69) is 19.2 Å². The van der Waals surface area contributed by atoms with E-state index in [1.807, 2.05) is 0 Å². The lowest BCUT2D eigenvalue weighted by Gasteiger charge is -2.40. The maximum absolute atomic E-state index is 9.06. The summed E-state index contributed by atoms with van der Waals surface area (Å²) in [7, 11) is 0. The van der Waals surface area contributed by atoms with Crippen molar-refractivity contribution in [2.45, 2.75) is 51.5 Å². The summed E-state index contributed by atoms with van der Waals surface area (Å²) in [5, 5.41) is 12.6. The SMILES string of the molecule is CCNC1(CCO)CCCC(C)C1. The van der Waals surface area contributed by atoms with Crippen LogP contribution in [0.25, 0.3) is 0 Å². The summed E-state index contributed by atoms with van der Waals surface area (Å²) < 4.78 is 0. The molecule has 0 aromatic carbocycles. The molecule has 0 saturated heterocycles. The third-order valence-corrected chi connectivity index (χ3v) is 3.23. The molecule has 2 atom stereocenters. The molecule has 0 aromatic heterocycles. The maximum atomic E-state index is 9.06. The Morgan fingerprint density at radius 1 is 1.54 bits per heavy atom. The first-order chi connectivity index (χ1) is 6.22. The molecule has 1 fully saturated rings. The van der Waals surface area contributed by atoms with Crippen molar-refractivity contribution < 1.29 is 5.11 Å². The van der Waals surface area contributed by atoms with E-state index >= 15 is 0 Å². The lowest BCUT2D eigenvalue weighted by molar-refractivity contribution is 0.141. The van der Waals surface area contributed by atoms with Crippen LogP contribution >= 0.6 is 0 Å². The normalized spacial score (nSPS) is 34.8. The molecule has 0 aromatic rings. The zero-order valence-electron chi connectivity index (χ0n) is 8.97. The molecule has 13 heavy (non-hydrogen) atoms. The van der Waals surface area contributed by atoms with Crippen LogP contribution < -0.4 is 5.32 Å². The Hall–Kier alpha value is -0.0800. The summed E-state index contributed by atoms with van der Waals surface area (Å²) in [6, 6.07) is 0. The fraction of sp³-hybridized carbons (Fsp3) is 1.00. The van der Waals surface area contributed by atoms with Crippen LogP contribution in [0.4, 0.5) is 0 Å². The summed E-state index contributed by atoms with van der Waals surface area (Å²) in [4.78, 5) is 0. The van der Waals surface area contributed by atoms with Gasteiger partial charge >= 0.3 is 0 Å². The molecule has 2 heteroatoms. The van der Waals surface area contributed by atoms with Crippen LogP contribution in [0.1, 0.15) is 46.0 Å². The number of hydrogen-bond acceptors (Lipinski definition) is 2. The molecule has 0 bridgehead atoms. The maximum Gasteiger partial charge on any atom is 0.0448 e. The van der Waals surface area contributed by atoms with Crippen molar-refractivity contribution in [3.05, 3.63) is 0 Å². The summed E-state index contributed by atoms with van der Waals surface area (Å²) in [5.74, 6) is 0.819. The van der Waals surface area contributed by atoms with Gasteiger partial charge in [0.25, 0.3) is 0 Å². The second-order valence-electron chi connectivity index (χ2n) is 4.49. The highest BCUT2D eigenvalue weighted by Gasteiger charge is 2.33. The van der Waals surface area contributed by atoms with Crippen LogP contribution in [0.5, 0.6) is 0 Å². The topological polar surface area (TPSA) is 32.3 Å². The highest BCUT2D eigenvalue weighted by molar-refractivity contribution is 4.92. The zero-order valence-corrected chi connectivity index (χ0v) is 8.97. The van der Waals surface area contributed by atoms with Gasteiger partial charge in [-0.2, -0.15) is 0 Å². The summed E-state index contributed by atoms with van der Waals surface area (Å²) in [6.45, 7) is 5.81. The third kappa shape index (κ3) is 2.96. The Morgan fingerprint density at radius 2 is 2.31 bits per heavy atom. The van der Waals surface area contributed by atoms with E-state index in [1.165, 1.54) is 25.7 Å². The number of aliphatic hydroxyl groups is 1. The monoisotopic (exact) mass is 185 g/mol. The van der Waals surface area contributed by atoms with Crippen LogP contribution in [0.2, 0.25) is 0 Å². The van der Waals surface area contributed by atoms with Crippen LogP contribution in [0.3, 0.4) is 0 Å². The highest BCUT2D eigenvalue weighted by atomic mass is 16.3. The van der Waals surface area contributed by atoms with Crippen molar-refractivity contribution in [1.29, 1.82) is 0 Å². The Kier molecular flexibility index (Phi) is 4.20. The molecule has 1 aliphatic carbocycles. The van der Waals surface area contributed by atoms with Crippen molar-refractivity contribution in [1.82, 2.24) is 5.32 Å². The first-order valence-corrected chi connectivity index (χ1v) is 5.58. The van der Waals surface area contributed by atoms with Gasteiger partial charge in [-0.3, -0.25) is 0 Å². The van der Waals surface area contributed by atoms with Gasteiger partial charge in [-0.15, -0.1) is 0 Å². The molecule has 78 valence electrons. The van der Waals surface area contributed by atoms with Crippen molar-refractivity contribution in [3.63, 3.8) is 0 Å². The van der Waals surface area contributed by atoms with Crippen molar-refractivity contribution >= 4 is 0 Å². The van der Waals surface area contributed by atoms with Crippen molar-refractivity contribution in [2.75, 3.05) is 13.2 Å². The van der Waals surface area contributed by atoms with Gasteiger partial charge in [0, 0.05) is 12.1 Å². The zero-order chi connectivity index (χ0) is 9.73. The first-order valence-electron chi connectivity index (χ1n) is 5.58. The fourth-order valence-electron chi connectivity index (χ4n) is 2.73. The van der Waals surface area contributed by atoms with Gasteiger partial charge in [0.05, 0.1) is 0 Å². The molecule has 0 amide bonds. The van der Waals surface area contributed by atoms with Gasteiger partial charge in [0.1, 0.15) is 0 Å². The molecule has 0 radical (unpaired) electrons. The molecular formula is C11H23NO. The van der Waals surface area contributed by atoms with E-state index in [1.54, 1.807) is 0 Å². The Bertz CT molecular complexity index is 136. The number of aliphatic hydroxyl groups excluding tert-OH is 1. The van der Waals surface area contributed by atoms with Crippen molar-refractivity contribution in [2.24, 2.45) is 5.92 Å². The second kappa shape index (κ2) is 4.97. The van der Waals surface area contributed by atoms with E-state index in [4.69, 9.17) is 5.11 Å². The van der Waals surface area contributed by atoms with Crippen LogP contribution in [-0.4, -0.2) is 23.8 Å². The molecule has 2 N–H and O–H groups in total. The smallest absolute Gasteiger partial charge is 0.0448 e. The summed E-state index contributed by atoms with van der Waals surface area (Å²) in [5.41, 5.74) is 0.251. The fourth-order valence-corrected chi connectivity index (χ4v) is 2.73. The molecule has 0 heterocycles. The molecule has 2 nitrogen and oxygen atoms in total. The first kappa shape index (κ1) is 11.0. The van der Waals surface area contributed by atoms with Gasteiger partial charge < -0.3 is 10.4 Å². The minimum absolute atomic E-state index is 0.251. The van der Waals surface area contributed by atoms with Crippen LogP contribution in [-0.2, 0) is 0 Å². The minimum atomic E-state index is 0.251. The molecule has 1 aliphatic rings. The lowest BCUT2D eigenvalue weighted by Crippen LogP contribution is -2.49. The van der Waals surface area contributed by atoms with Gasteiger partial charge in [0.2, 0.25) is 0 Å². The Labute approximate surface area is 81.7 Å². The third-order valence-electron chi connectivity index (χ3n) is 3.23.